The maximum atomic E-state index is 11.8. The van der Waals surface area contributed by atoms with Crippen LogP contribution in [0.5, 0.6) is 0 Å². The molecule has 1 aromatic heterocycles. The predicted molar refractivity (Wildman–Crippen MR) is 58.6 cm³/mol. The molecule has 7 nitrogen and oxygen atoms in total. The zero-order valence-electron chi connectivity index (χ0n) is 9.88. The average molecular weight is 237 g/mol. The Balaban J connectivity index is 1.95. The van der Waals surface area contributed by atoms with Crippen LogP contribution in [0.3, 0.4) is 0 Å². The Hall–Kier alpha value is -1.76. The van der Waals surface area contributed by atoms with Crippen LogP contribution in [0, 0.1) is 0 Å². The summed E-state index contributed by atoms with van der Waals surface area (Å²) in [6, 6.07) is -0.431. The van der Waals surface area contributed by atoms with Crippen molar-refractivity contribution in [3.8, 4) is 0 Å². The summed E-state index contributed by atoms with van der Waals surface area (Å²) in [6.45, 7) is 2.65. The molecule has 1 aliphatic rings. The fourth-order valence-electron chi connectivity index (χ4n) is 1.86. The normalized spacial score (nSPS) is 20.4. The fraction of sp³-hybridized carbons (Fsp3) is 0.600. The molecule has 1 aromatic rings. The molecule has 1 aliphatic heterocycles. The van der Waals surface area contributed by atoms with E-state index < -0.39 is 6.04 Å². The molecule has 1 saturated heterocycles. The maximum Gasteiger partial charge on any atom is 0.246 e. The van der Waals surface area contributed by atoms with Crippen molar-refractivity contribution in [3.63, 3.8) is 0 Å². The lowest BCUT2D eigenvalue weighted by Crippen LogP contribution is -2.38. The first-order valence-electron chi connectivity index (χ1n) is 5.54. The van der Waals surface area contributed by atoms with E-state index in [9.17, 15) is 9.59 Å². The van der Waals surface area contributed by atoms with Crippen LogP contribution in [-0.2, 0) is 23.2 Å². The monoisotopic (exact) mass is 237 g/mol. The summed E-state index contributed by atoms with van der Waals surface area (Å²) < 4.78 is 1.77. The lowest BCUT2D eigenvalue weighted by atomic mass is 10.2. The molecule has 0 radical (unpaired) electrons. The van der Waals surface area contributed by atoms with Crippen LogP contribution in [0.25, 0.3) is 0 Å². The Bertz CT molecular complexity index is 442. The van der Waals surface area contributed by atoms with E-state index in [0.717, 1.165) is 5.82 Å². The Labute approximate surface area is 98.8 Å². The van der Waals surface area contributed by atoms with Gasteiger partial charge in [-0.2, -0.15) is 0 Å². The lowest BCUT2D eigenvalue weighted by Gasteiger charge is -2.12. The second-order valence-corrected chi connectivity index (χ2v) is 3.97. The third kappa shape index (κ3) is 2.19. The molecule has 2 amide bonds. The third-order valence-corrected chi connectivity index (χ3v) is 2.87. The smallest absolute Gasteiger partial charge is 0.246 e. The molecule has 1 fully saturated rings. The summed E-state index contributed by atoms with van der Waals surface area (Å²) in [7, 11) is 1.83. The van der Waals surface area contributed by atoms with Gasteiger partial charge in [-0.25, -0.2) is 0 Å². The SMILES string of the molecule is CCN1C(=O)CC(NCc2nncn2C)C1=O. The van der Waals surface area contributed by atoms with Crippen LogP contribution < -0.4 is 5.32 Å². The number of nitrogens with one attached hydrogen (secondary N) is 1. The largest absolute Gasteiger partial charge is 0.320 e. The van der Waals surface area contributed by atoms with Crippen molar-refractivity contribution >= 4 is 11.8 Å². The van der Waals surface area contributed by atoms with Crippen LogP contribution in [0.2, 0.25) is 0 Å². The minimum Gasteiger partial charge on any atom is -0.320 e. The molecule has 2 heterocycles. The number of likely N-dealkylation sites (N-methyl/N-ethyl adjacent to an activating group) is 1. The average Bonchev–Trinajstić information content (AvgIpc) is 2.81. The first-order chi connectivity index (χ1) is 8.13. The number of carbonyl (C=O) groups excluding carboxylic acids is 2. The number of hydrogen-bond acceptors (Lipinski definition) is 5. The molecule has 1 unspecified atom stereocenters. The predicted octanol–water partition coefficient (Wildman–Crippen LogP) is -0.948. The number of amides is 2. The van der Waals surface area contributed by atoms with Crippen molar-refractivity contribution in [2.24, 2.45) is 7.05 Å². The molecule has 0 aliphatic carbocycles. The van der Waals surface area contributed by atoms with E-state index >= 15 is 0 Å². The van der Waals surface area contributed by atoms with E-state index in [1.165, 1.54) is 4.90 Å². The summed E-state index contributed by atoms with van der Waals surface area (Å²) in [6.07, 6.45) is 1.82. The molecule has 17 heavy (non-hydrogen) atoms. The van der Waals surface area contributed by atoms with Crippen molar-refractivity contribution in [1.82, 2.24) is 25.0 Å². The number of aromatic nitrogens is 3. The number of nitrogens with zero attached hydrogens (tertiary/aromatic N) is 4. The highest BCUT2D eigenvalue weighted by Crippen LogP contribution is 2.12. The Morgan fingerprint density at radius 2 is 2.29 bits per heavy atom. The van der Waals surface area contributed by atoms with Crippen LogP contribution in [0.1, 0.15) is 19.2 Å². The van der Waals surface area contributed by atoms with Gasteiger partial charge in [0.15, 0.2) is 0 Å². The van der Waals surface area contributed by atoms with Crippen LogP contribution >= 0.6 is 0 Å². The number of hydrogen-bond donors (Lipinski definition) is 1. The van der Waals surface area contributed by atoms with E-state index in [0.29, 0.717) is 13.1 Å². The van der Waals surface area contributed by atoms with Gasteiger partial charge in [-0.1, -0.05) is 0 Å². The number of likely N-dealkylation sites (tertiary alicyclic amines) is 1. The molecule has 1 atom stereocenters. The topological polar surface area (TPSA) is 80.1 Å². The zero-order valence-corrected chi connectivity index (χ0v) is 9.88. The lowest BCUT2D eigenvalue weighted by molar-refractivity contribution is -0.138. The number of aryl methyl sites for hydroxylation is 1. The summed E-state index contributed by atoms with van der Waals surface area (Å²) in [5.41, 5.74) is 0. The molecule has 0 saturated carbocycles. The van der Waals surface area contributed by atoms with Gasteiger partial charge in [0.1, 0.15) is 12.2 Å². The summed E-state index contributed by atoms with van der Waals surface area (Å²) in [5.74, 6) is 0.466. The van der Waals surface area contributed by atoms with E-state index in [1.807, 2.05) is 7.05 Å². The van der Waals surface area contributed by atoms with E-state index in [4.69, 9.17) is 0 Å². The number of imide groups is 1. The van der Waals surface area contributed by atoms with Crippen molar-refractivity contribution in [1.29, 1.82) is 0 Å². The Morgan fingerprint density at radius 1 is 1.53 bits per heavy atom. The third-order valence-electron chi connectivity index (χ3n) is 2.87. The quantitative estimate of drug-likeness (QED) is 0.683. The molecule has 7 heteroatoms. The van der Waals surface area contributed by atoms with Gasteiger partial charge in [0, 0.05) is 13.6 Å². The van der Waals surface area contributed by atoms with Gasteiger partial charge in [0.25, 0.3) is 0 Å². The summed E-state index contributed by atoms with van der Waals surface area (Å²) in [5, 5.41) is 10.7. The van der Waals surface area contributed by atoms with E-state index in [-0.39, 0.29) is 18.2 Å². The second kappa shape index (κ2) is 4.62. The van der Waals surface area contributed by atoms with Gasteiger partial charge in [0.2, 0.25) is 11.8 Å². The zero-order chi connectivity index (χ0) is 12.4. The van der Waals surface area contributed by atoms with Crippen molar-refractivity contribution < 1.29 is 9.59 Å². The molecule has 0 bridgehead atoms. The Kier molecular flexibility index (Phi) is 3.19. The second-order valence-electron chi connectivity index (χ2n) is 3.97. The molecule has 0 spiro atoms. The minimum absolute atomic E-state index is 0.118. The van der Waals surface area contributed by atoms with Gasteiger partial charge in [0.05, 0.1) is 19.0 Å². The fourth-order valence-corrected chi connectivity index (χ4v) is 1.86. The van der Waals surface area contributed by atoms with Gasteiger partial charge in [-0.05, 0) is 6.92 Å². The van der Waals surface area contributed by atoms with Gasteiger partial charge >= 0.3 is 0 Å². The molecule has 0 aromatic carbocycles. The summed E-state index contributed by atoms with van der Waals surface area (Å²) in [4.78, 5) is 24.5. The van der Waals surface area contributed by atoms with Crippen LogP contribution in [0.15, 0.2) is 6.33 Å². The molecule has 92 valence electrons. The van der Waals surface area contributed by atoms with Crippen molar-refractivity contribution in [2.75, 3.05) is 6.54 Å². The highest BCUT2D eigenvalue weighted by Gasteiger charge is 2.37. The first-order valence-corrected chi connectivity index (χ1v) is 5.54. The van der Waals surface area contributed by atoms with Crippen molar-refractivity contribution in [3.05, 3.63) is 12.2 Å². The van der Waals surface area contributed by atoms with E-state index in [1.54, 1.807) is 17.8 Å². The van der Waals surface area contributed by atoms with Crippen LogP contribution in [-0.4, -0.2) is 44.1 Å². The summed E-state index contributed by atoms with van der Waals surface area (Å²) >= 11 is 0. The van der Waals surface area contributed by atoms with Crippen molar-refractivity contribution in [2.45, 2.75) is 25.9 Å². The number of rotatable bonds is 4. The molecule has 1 N–H and O–H groups in total. The minimum atomic E-state index is -0.431. The van der Waals surface area contributed by atoms with Gasteiger partial charge in [-0.15, -0.1) is 10.2 Å². The number of carbonyl (C=O) groups is 2. The molecular formula is C10H15N5O2. The Morgan fingerprint density at radius 3 is 2.82 bits per heavy atom. The maximum absolute atomic E-state index is 11.8. The molecular weight excluding hydrogens is 222 g/mol. The highest BCUT2D eigenvalue weighted by atomic mass is 16.2. The van der Waals surface area contributed by atoms with Gasteiger partial charge in [-0.3, -0.25) is 19.8 Å². The highest BCUT2D eigenvalue weighted by molar-refractivity contribution is 6.05. The van der Waals surface area contributed by atoms with Crippen LogP contribution in [0.4, 0.5) is 0 Å². The first kappa shape index (κ1) is 11.7. The van der Waals surface area contributed by atoms with E-state index in [2.05, 4.69) is 15.5 Å². The molecule has 2 rings (SSSR count). The standard InChI is InChI=1S/C10H15N5O2/c1-3-15-9(16)4-7(10(15)17)11-5-8-13-12-6-14(8)2/h6-7,11H,3-5H2,1-2H3. The van der Waals surface area contributed by atoms with Gasteiger partial charge < -0.3 is 4.57 Å².